The molecule has 0 bridgehead atoms. The van der Waals surface area contributed by atoms with Gasteiger partial charge in [-0.05, 0) is 6.92 Å². The van der Waals surface area contributed by atoms with E-state index in [2.05, 4.69) is 10.6 Å². The number of aliphatic hydroxyl groups excluding tert-OH is 1. The van der Waals surface area contributed by atoms with Gasteiger partial charge in [-0.15, -0.1) is 0 Å². The first-order chi connectivity index (χ1) is 7.07. The molecule has 0 aliphatic heterocycles. The van der Waals surface area contributed by atoms with Crippen molar-refractivity contribution in [1.29, 1.82) is 0 Å². The second-order valence-electron chi connectivity index (χ2n) is 2.69. The van der Waals surface area contributed by atoms with Crippen molar-refractivity contribution in [2.24, 2.45) is 0 Å². The molecule has 88 valence electrons. The first-order valence-electron chi connectivity index (χ1n) is 4.58. The Morgan fingerprint density at radius 3 is 2.60 bits per heavy atom. The fourth-order valence-corrected chi connectivity index (χ4v) is 0.720. The standard InChI is InChI=1S/C8H16N2O5/c1-2-15-4-3-9-8(14)10-5-6(11)7(12)13/h6,11H,2-5H2,1H3,(H,12,13)(H2,9,10,14). The summed E-state index contributed by atoms with van der Waals surface area (Å²) in [7, 11) is 0. The minimum Gasteiger partial charge on any atom is -0.479 e. The molecule has 2 amide bonds. The number of carbonyl (C=O) groups is 2. The van der Waals surface area contributed by atoms with Crippen LogP contribution in [-0.2, 0) is 9.53 Å². The Morgan fingerprint density at radius 1 is 1.40 bits per heavy atom. The number of aliphatic hydroxyl groups is 1. The Bertz CT molecular complexity index is 209. The molecule has 0 saturated carbocycles. The van der Waals surface area contributed by atoms with Gasteiger partial charge in [-0.2, -0.15) is 0 Å². The van der Waals surface area contributed by atoms with Crippen molar-refractivity contribution in [1.82, 2.24) is 10.6 Å². The predicted molar refractivity (Wildman–Crippen MR) is 51.5 cm³/mol. The van der Waals surface area contributed by atoms with E-state index in [0.29, 0.717) is 19.8 Å². The fourth-order valence-electron chi connectivity index (χ4n) is 0.720. The minimum absolute atomic E-state index is 0.324. The third-order valence-corrected chi connectivity index (χ3v) is 1.48. The van der Waals surface area contributed by atoms with Crippen molar-refractivity contribution in [3.8, 4) is 0 Å². The number of ether oxygens (including phenoxy) is 1. The zero-order chi connectivity index (χ0) is 11.7. The van der Waals surface area contributed by atoms with Crippen molar-refractivity contribution >= 4 is 12.0 Å². The van der Waals surface area contributed by atoms with E-state index < -0.39 is 18.1 Å². The molecular weight excluding hydrogens is 204 g/mol. The topological polar surface area (TPSA) is 108 Å². The zero-order valence-electron chi connectivity index (χ0n) is 8.52. The molecule has 0 aliphatic carbocycles. The van der Waals surface area contributed by atoms with Crippen molar-refractivity contribution < 1.29 is 24.5 Å². The van der Waals surface area contributed by atoms with Gasteiger partial charge in [-0.25, -0.2) is 9.59 Å². The second-order valence-corrected chi connectivity index (χ2v) is 2.69. The molecule has 0 aliphatic rings. The van der Waals surface area contributed by atoms with Crippen LogP contribution in [0.1, 0.15) is 6.92 Å². The Balaban J connectivity index is 3.45. The van der Waals surface area contributed by atoms with Crippen molar-refractivity contribution in [3.63, 3.8) is 0 Å². The average Bonchev–Trinajstić information content (AvgIpc) is 2.20. The molecule has 0 fully saturated rings. The molecule has 0 spiro atoms. The van der Waals surface area contributed by atoms with Gasteiger partial charge in [0.25, 0.3) is 0 Å². The van der Waals surface area contributed by atoms with Gasteiger partial charge in [0.1, 0.15) is 0 Å². The number of aliphatic carboxylic acids is 1. The van der Waals surface area contributed by atoms with E-state index in [0.717, 1.165) is 0 Å². The number of rotatable bonds is 7. The van der Waals surface area contributed by atoms with Gasteiger partial charge in [-0.3, -0.25) is 0 Å². The van der Waals surface area contributed by atoms with Crippen LogP contribution < -0.4 is 10.6 Å². The highest BCUT2D eigenvalue weighted by Crippen LogP contribution is 1.79. The Morgan fingerprint density at radius 2 is 2.07 bits per heavy atom. The molecule has 1 unspecified atom stereocenters. The summed E-state index contributed by atoms with van der Waals surface area (Å²) in [4.78, 5) is 21.1. The van der Waals surface area contributed by atoms with Gasteiger partial charge in [-0.1, -0.05) is 0 Å². The molecule has 0 heterocycles. The van der Waals surface area contributed by atoms with Crippen LogP contribution in [0.5, 0.6) is 0 Å². The quantitative estimate of drug-likeness (QED) is 0.402. The van der Waals surface area contributed by atoms with Crippen LogP contribution in [0.4, 0.5) is 4.79 Å². The molecule has 7 nitrogen and oxygen atoms in total. The van der Waals surface area contributed by atoms with Gasteiger partial charge in [0.15, 0.2) is 6.10 Å². The highest BCUT2D eigenvalue weighted by atomic mass is 16.5. The van der Waals surface area contributed by atoms with Crippen molar-refractivity contribution in [2.75, 3.05) is 26.3 Å². The minimum atomic E-state index is -1.58. The predicted octanol–water partition coefficient (Wildman–Crippen LogP) is -1.23. The highest BCUT2D eigenvalue weighted by molar-refractivity contribution is 5.76. The lowest BCUT2D eigenvalue weighted by Crippen LogP contribution is -2.42. The number of hydrogen-bond donors (Lipinski definition) is 4. The van der Waals surface area contributed by atoms with Crippen molar-refractivity contribution in [3.05, 3.63) is 0 Å². The van der Waals surface area contributed by atoms with Crippen LogP contribution >= 0.6 is 0 Å². The fraction of sp³-hybridized carbons (Fsp3) is 0.750. The smallest absolute Gasteiger partial charge is 0.334 e. The molecule has 7 heteroatoms. The molecule has 0 aromatic carbocycles. The van der Waals surface area contributed by atoms with Gasteiger partial charge >= 0.3 is 12.0 Å². The molecule has 0 rings (SSSR count). The number of carbonyl (C=O) groups excluding carboxylic acids is 1. The summed E-state index contributed by atoms with van der Waals surface area (Å²) in [6.07, 6.45) is -1.58. The van der Waals surface area contributed by atoms with E-state index in [9.17, 15) is 9.59 Å². The molecule has 0 saturated heterocycles. The van der Waals surface area contributed by atoms with Crippen LogP contribution in [0.3, 0.4) is 0 Å². The third-order valence-electron chi connectivity index (χ3n) is 1.48. The molecule has 1 atom stereocenters. The van der Waals surface area contributed by atoms with E-state index in [-0.39, 0.29) is 6.54 Å². The Kier molecular flexibility index (Phi) is 7.29. The summed E-state index contributed by atoms with van der Waals surface area (Å²) in [5.74, 6) is -1.37. The first kappa shape index (κ1) is 13.7. The zero-order valence-corrected chi connectivity index (χ0v) is 8.52. The van der Waals surface area contributed by atoms with Gasteiger partial charge in [0.05, 0.1) is 13.2 Å². The maximum Gasteiger partial charge on any atom is 0.334 e. The molecule has 0 radical (unpaired) electrons. The van der Waals surface area contributed by atoms with Crippen LogP contribution in [0.2, 0.25) is 0 Å². The monoisotopic (exact) mass is 220 g/mol. The maximum atomic E-state index is 11.0. The summed E-state index contributed by atoms with van der Waals surface area (Å²) in [6.45, 7) is 2.81. The number of nitrogens with one attached hydrogen (secondary N) is 2. The first-order valence-corrected chi connectivity index (χ1v) is 4.58. The van der Waals surface area contributed by atoms with Crippen molar-refractivity contribution in [2.45, 2.75) is 13.0 Å². The molecule has 15 heavy (non-hydrogen) atoms. The lowest BCUT2D eigenvalue weighted by Gasteiger charge is -2.09. The lowest BCUT2D eigenvalue weighted by molar-refractivity contribution is -0.146. The van der Waals surface area contributed by atoms with E-state index in [1.165, 1.54) is 0 Å². The normalized spacial score (nSPS) is 11.9. The van der Waals surface area contributed by atoms with Gasteiger partial charge < -0.3 is 25.6 Å². The van der Waals surface area contributed by atoms with E-state index in [1.54, 1.807) is 0 Å². The van der Waals surface area contributed by atoms with E-state index in [1.807, 2.05) is 6.92 Å². The van der Waals surface area contributed by atoms with E-state index >= 15 is 0 Å². The largest absolute Gasteiger partial charge is 0.479 e. The highest BCUT2D eigenvalue weighted by Gasteiger charge is 2.13. The Labute approximate surface area is 87.4 Å². The summed E-state index contributed by atoms with van der Waals surface area (Å²) in [6, 6.07) is -0.532. The van der Waals surface area contributed by atoms with Gasteiger partial charge in [0, 0.05) is 13.2 Å². The summed E-state index contributed by atoms with van der Waals surface area (Å²) in [5, 5.41) is 21.8. The lowest BCUT2D eigenvalue weighted by atomic mass is 10.4. The number of urea groups is 1. The van der Waals surface area contributed by atoms with Crippen LogP contribution in [0, 0.1) is 0 Å². The molecular formula is C8H16N2O5. The SMILES string of the molecule is CCOCCNC(=O)NCC(O)C(=O)O. The summed E-state index contributed by atoms with van der Waals surface area (Å²) in [5.41, 5.74) is 0. The van der Waals surface area contributed by atoms with Crippen LogP contribution in [-0.4, -0.2) is 54.6 Å². The number of carboxylic acid groups (broad SMARTS) is 1. The van der Waals surface area contributed by atoms with Gasteiger partial charge in [0.2, 0.25) is 0 Å². The van der Waals surface area contributed by atoms with Crippen LogP contribution in [0.15, 0.2) is 0 Å². The van der Waals surface area contributed by atoms with Crippen LogP contribution in [0.25, 0.3) is 0 Å². The molecule has 4 N–H and O–H groups in total. The number of amides is 2. The van der Waals surface area contributed by atoms with E-state index in [4.69, 9.17) is 14.9 Å². The molecule has 0 aromatic heterocycles. The maximum absolute atomic E-state index is 11.0. The number of carboxylic acids is 1. The Hall–Kier alpha value is -1.34. The average molecular weight is 220 g/mol. The second kappa shape index (κ2) is 8.01. The number of hydrogen-bond acceptors (Lipinski definition) is 4. The molecule has 0 aromatic rings. The summed E-state index contributed by atoms with van der Waals surface area (Å²) < 4.78 is 4.96. The summed E-state index contributed by atoms with van der Waals surface area (Å²) >= 11 is 0. The third kappa shape index (κ3) is 7.71.